The highest BCUT2D eigenvalue weighted by molar-refractivity contribution is 7.98. The average Bonchev–Trinajstić information content (AvgIpc) is 3.29. The molecule has 10 heteroatoms. The summed E-state index contributed by atoms with van der Waals surface area (Å²) in [6, 6.07) is 0. The fourth-order valence-electron chi connectivity index (χ4n) is 3.15. The molecule has 0 unspecified atom stereocenters. The first-order chi connectivity index (χ1) is 13.5. The van der Waals surface area contributed by atoms with E-state index in [9.17, 15) is 4.79 Å². The maximum Gasteiger partial charge on any atom is 0.253 e. The lowest BCUT2D eigenvalue weighted by Gasteiger charge is -2.10. The molecule has 0 aliphatic carbocycles. The van der Waals surface area contributed by atoms with Gasteiger partial charge in [0.2, 0.25) is 16.2 Å². The first kappa shape index (κ1) is 20.7. The molecule has 28 heavy (non-hydrogen) atoms. The molecule has 3 aromatic rings. The fraction of sp³-hybridized carbons (Fsp3) is 0.556. The second kappa shape index (κ2) is 8.95. The summed E-state index contributed by atoms with van der Waals surface area (Å²) >= 11 is 2.94. The van der Waals surface area contributed by atoms with E-state index in [-0.39, 0.29) is 5.91 Å². The molecule has 0 aliphatic heterocycles. The molecule has 3 rings (SSSR count). The molecule has 0 aliphatic rings. The van der Waals surface area contributed by atoms with E-state index >= 15 is 0 Å². The van der Waals surface area contributed by atoms with E-state index in [1.165, 1.54) is 23.1 Å². The minimum Gasteiger partial charge on any atom is -0.301 e. The molecular weight excluding hydrogens is 394 g/mol. The number of anilines is 1. The number of nitrogens with zero attached hydrogens (tertiary/aromatic N) is 6. The normalized spacial score (nSPS) is 11.5. The van der Waals surface area contributed by atoms with Crippen LogP contribution in [0.4, 0.5) is 5.13 Å². The minimum atomic E-state index is -0.0745. The second-order valence-corrected chi connectivity index (χ2v) is 8.36. The molecule has 0 atom stereocenters. The van der Waals surface area contributed by atoms with E-state index in [2.05, 4.69) is 44.4 Å². The third-order valence-corrected chi connectivity index (χ3v) is 6.38. The Bertz CT molecular complexity index is 978. The van der Waals surface area contributed by atoms with Gasteiger partial charge >= 0.3 is 0 Å². The molecule has 8 nitrogen and oxygen atoms in total. The van der Waals surface area contributed by atoms with Gasteiger partial charge in [-0.05, 0) is 44.9 Å². The lowest BCUT2D eigenvalue weighted by atomic mass is 10.1. The van der Waals surface area contributed by atoms with E-state index in [1.54, 1.807) is 4.52 Å². The summed E-state index contributed by atoms with van der Waals surface area (Å²) < 4.78 is 1.75. The third-order valence-electron chi connectivity index (χ3n) is 4.84. The predicted octanol–water partition coefficient (Wildman–Crippen LogP) is 3.79. The summed E-state index contributed by atoms with van der Waals surface area (Å²) in [6.45, 7) is 8.21. The van der Waals surface area contributed by atoms with Crippen LogP contribution >= 0.6 is 23.1 Å². The molecule has 0 bridgehead atoms. The first-order valence-corrected chi connectivity index (χ1v) is 11.4. The topological polar surface area (TPSA) is 98.0 Å². The van der Waals surface area contributed by atoms with Crippen LogP contribution in [0.5, 0.6) is 0 Å². The van der Waals surface area contributed by atoms with Crippen molar-refractivity contribution in [2.75, 3.05) is 11.6 Å². The Balaban J connectivity index is 1.68. The monoisotopic (exact) mass is 419 g/mol. The van der Waals surface area contributed by atoms with Crippen molar-refractivity contribution in [3.8, 4) is 0 Å². The quantitative estimate of drug-likeness (QED) is 0.555. The van der Waals surface area contributed by atoms with Gasteiger partial charge in [0.1, 0.15) is 5.01 Å². The highest BCUT2D eigenvalue weighted by Crippen LogP contribution is 2.28. The molecular formula is C18H25N7OS2. The van der Waals surface area contributed by atoms with E-state index in [1.807, 2.05) is 20.1 Å². The van der Waals surface area contributed by atoms with Crippen molar-refractivity contribution in [1.82, 2.24) is 29.8 Å². The molecule has 3 heterocycles. The smallest absolute Gasteiger partial charge is 0.253 e. The summed E-state index contributed by atoms with van der Waals surface area (Å²) in [7, 11) is 0. The standard InChI is InChI=1S/C18H25N7OS2/c1-6-12(7-2)15-22-23-17(28-15)20-14(26)9-8-13-10(3)19-16-21-18(27-5)24-25(16)11(13)4/h12H,6-9H2,1-5H3,(H,20,23,26). The van der Waals surface area contributed by atoms with Gasteiger partial charge in [-0.3, -0.25) is 4.79 Å². The zero-order valence-electron chi connectivity index (χ0n) is 16.8. The maximum atomic E-state index is 12.4. The number of aryl methyl sites for hydroxylation is 2. The minimum absolute atomic E-state index is 0.0745. The number of hydrogen-bond donors (Lipinski definition) is 1. The number of thioether (sulfide) groups is 1. The number of nitrogens with one attached hydrogen (secondary N) is 1. The number of hydrogen-bond acceptors (Lipinski definition) is 8. The van der Waals surface area contributed by atoms with Gasteiger partial charge in [-0.1, -0.05) is 36.9 Å². The van der Waals surface area contributed by atoms with Gasteiger partial charge in [-0.15, -0.1) is 15.3 Å². The summed E-state index contributed by atoms with van der Waals surface area (Å²) in [4.78, 5) is 21.3. The van der Waals surface area contributed by atoms with Crippen molar-refractivity contribution in [3.05, 3.63) is 22.0 Å². The summed E-state index contributed by atoms with van der Waals surface area (Å²) in [6.07, 6.45) is 4.91. The van der Waals surface area contributed by atoms with E-state index in [0.717, 1.165) is 34.8 Å². The van der Waals surface area contributed by atoms with Crippen molar-refractivity contribution < 1.29 is 4.79 Å². The van der Waals surface area contributed by atoms with Crippen LogP contribution in [0.15, 0.2) is 5.16 Å². The average molecular weight is 420 g/mol. The Labute approximate surface area is 172 Å². The van der Waals surface area contributed by atoms with E-state index in [0.29, 0.717) is 34.8 Å². The van der Waals surface area contributed by atoms with E-state index < -0.39 is 0 Å². The SMILES string of the molecule is CCC(CC)c1nnc(NC(=O)CCc2c(C)nc3nc(SC)nn3c2C)s1. The van der Waals surface area contributed by atoms with Crippen molar-refractivity contribution in [2.45, 2.75) is 64.5 Å². The third kappa shape index (κ3) is 4.33. The van der Waals surface area contributed by atoms with Gasteiger partial charge in [0.25, 0.3) is 5.78 Å². The lowest BCUT2D eigenvalue weighted by molar-refractivity contribution is -0.116. The molecule has 0 aromatic carbocycles. The first-order valence-electron chi connectivity index (χ1n) is 9.36. The van der Waals surface area contributed by atoms with Crippen molar-refractivity contribution >= 4 is 39.9 Å². The number of amides is 1. The number of fused-ring (bicyclic) bond motifs is 1. The van der Waals surface area contributed by atoms with Crippen molar-refractivity contribution in [2.24, 2.45) is 0 Å². The maximum absolute atomic E-state index is 12.4. The Hall–Kier alpha value is -2.07. The van der Waals surface area contributed by atoms with Gasteiger partial charge < -0.3 is 5.32 Å². The summed E-state index contributed by atoms with van der Waals surface area (Å²) in [5.41, 5.74) is 2.87. The summed E-state index contributed by atoms with van der Waals surface area (Å²) in [5, 5.41) is 17.9. The van der Waals surface area contributed by atoms with Gasteiger partial charge in [0.15, 0.2) is 0 Å². The zero-order valence-corrected chi connectivity index (χ0v) is 18.4. The van der Waals surface area contributed by atoms with Crippen LogP contribution in [-0.4, -0.2) is 41.9 Å². The van der Waals surface area contributed by atoms with Gasteiger partial charge in [0.05, 0.1) is 0 Å². The highest BCUT2D eigenvalue weighted by atomic mass is 32.2. The molecule has 1 N–H and O–H groups in total. The Morgan fingerprint density at radius 1 is 1.21 bits per heavy atom. The van der Waals surface area contributed by atoms with Crippen LogP contribution < -0.4 is 5.32 Å². The molecule has 1 amide bonds. The van der Waals surface area contributed by atoms with Gasteiger partial charge in [-0.25, -0.2) is 9.50 Å². The Morgan fingerprint density at radius 2 is 1.96 bits per heavy atom. The molecule has 0 saturated heterocycles. The van der Waals surface area contributed by atoms with Gasteiger partial charge in [-0.2, -0.15) is 4.98 Å². The highest BCUT2D eigenvalue weighted by Gasteiger charge is 2.17. The molecule has 0 fully saturated rings. The van der Waals surface area contributed by atoms with Crippen LogP contribution in [0.1, 0.15) is 61.0 Å². The molecule has 0 saturated carbocycles. The second-order valence-electron chi connectivity index (χ2n) is 6.58. The number of aromatic nitrogens is 6. The molecule has 150 valence electrons. The van der Waals surface area contributed by atoms with Crippen LogP contribution in [-0.2, 0) is 11.2 Å². The molecule has 3 aromatic heterocycles. The lowest BCUT2D eigenvalue weighted by Crippen LogP contribution is -2.14. The van der Waals surface area contributed by atoms with E-state index in [4.69, 9.17) is 0 Å². The Kier molecular flexibility index (Phi) is 6.61. The number of carbonyl (C=O) groups excluding carboxylic acids is 1. The van der Waals surface area contributed by atoms with Crippen LogP contribution in [0.3, 0.4) is 0 Å². The number of carbonyl (C=O) groups is 1. The van der Waals surface area contributed by atoms with Crippen LogP contribution in [0.25, 0.3) is 5.78 Å². The summed E-state index contributed by atoms with van der Waals surface area (Å²) in [5.74, 6) is 0.921. The fourth-order valence-corrected chi connectivity index (χ4v) is 4.51. The molecule has 0 spiro atoms. The van der Waals surface area contributed by atoms with Crippen LogP contribution in [0, 0.1) is 13.8 Å². The van der Waals surface area contributed by atoms with Crippen molar-refractivity contribution in [1.29, 1.82) is 0 Å². The van der Waals surface area contributed by atoms with Gasteiger partial charge in [0, 0.05) is 23.7 Å². The number of rotatable bonds is 8. The zero-order chi connectivity index (χ0) is 20.3. The molecule has 0 radical (unpaired) electrons. The predicted molar refractivity (Wildman–Crippen MR) is 112 cm³/mol. The Morgan fingerprint density at radius 3 is 2.64 bits per heavy atom. The largest absolute Gasteiger partial charge is 0.301 e. The van der Waals surface area contributed by atoms with Crippen LogP contribution in [0.2, 0.25) is 0 Å². The van der Waals surface area contributed by atoms with Crippen molar-refractivity contribution in [3.63, 3.8) is 0 Å².